The smallest absolute Gasteiger partial charge is 0.306 e. The van der Waals surface area contributed by atoms with Crippen LogP contribution in [0.3, 0.4) is 0 Å². The molecule has 4 heteroatoms. The Hall–Kier alpha value is -3.92. The van der Waals surface area contributed by atoms with E-state index in [1.165, 1.54) is 16.7 Å². The molecule has 1 N–H and O–H groups in total. The Kier molecular flexibility index (Phi) is 9.47. The van der Waals surface area contributed by atoms with Crippen LogP contribution in [0, 0.1) is 5.92 Å². The van der Waals surface area contributed by atoms with Gasteiger partial charge in [0, 0.05) is 23.2 Å². The van der Waals surface area contributed by atoms with Crippen molar-refractivity contribution in [1.82, 2.24) is 9.78 Å². The molecule has 0 radical (unpaired) electrons. The summed E-state index contributed by atoms with van der Waals surface area (Å²) in [6, 6.07) is 31.6. The van der Waals surface area contributed by atoms with Crippen LogP contribution in [-0.4, -0.2) is 20.9 Å². The molecular weight excluding hydrogens is 456 g/mol. The summed E-state index contributed by atoms with van der Waals surface area (Å²) in [5.41, 5.74) is 6.84. The predicted molar refractivity (Wildman–Crippen MR) is 152 cm³/mol. The van der Waals surface area contributed by atoms with E-state index in [1.54, 1.807) is 6.92 Å². The Morgan fingerprint density at radius 3 is 1.97 bits per heavy atom. The summed E-state index contributed by atoms with van der Waals surface area (Å²) in [5, 5.41) is 14.2. The molecule has 37 heavy (non-hydrogen) atoms. The van der Waals surface area contributed by atoms with E-state index in [0.717, 1.165) is 55.6 Å². The molecule has 0 saturated carbocycles. The number of carbonyl (C=O) groups is 1. The van der Waals surface area contributed by atoms with Gasteiger partial charge in [0.2, 0.25) is 0 Å². The lowest BCUT2D eigenvalue weighted by molar-refractivity contribution is -0.141. The van der Waals surface area contributed by atoms with Gasteiger partial charge in [0.05, 0.1) is 11.6 Å². The lowest BCUT2D eigenvalue weighted by Gasteiger charge is -2.11. The highest BCUT2D eigenvalue weighted by Gasteiger charge is 2.21. The van der Waals surface area contributed by atoms with Crippen LogP contribution in [0.5, 0.6) is 0 Å². The van der Waals surface area contributed by atoms with E-state index in [0.29, 0.717) is 6.42 Å². The molecule has 0 spiro atoms. The molecule has 4 aromatic rings. The van der Waals surface area contributed by atoms with Gasteiger partial charge >= 0.3 is 5.97 Å². The van der Waals surface area contributed by atoms with Crippen molar-refractivity contribution in [2.45, 2.75) is 52.0 Å². The van der Waals surface area contributed by atoms with E-state index < -0.39 is 5.97 Å². The number of rotatable bonds is 13. The molecule has 3 aromatic carbocycles. The van der Waals surface area contributed by atoms with Crippen LogP contribution >= 0.6 is 0 Å². The minimum absolute atomic E-state index is 0.279. The Morgan fingerprint density at radius 1 is 0.784 bits per heavy atom. The second-order valence-corrected chi connectivity index (χ2v) is 9.53. The Bertz CT molecular complexity index is 1280. The molecule has 0 aliphatic carbocycles. The largest absolute Gasteiger partial charge is 0.481 e. The van der Waals surface area contributed by atoms with Crippen molar-refractivity contribution in [3.8, 4) is 33.6 Å². The predicted octanol–water partition coefficient (Wildman–Crippen LogP) is 8.50. The lowest BCUT2D eigenvalue weighted by atomic mass is 9.96. The maximum absolute atomic E-state index is 10.9. The normalized spacial score (nSPS) is 12.1. The first-order valence-corrected chi connectivity index (χ1v) is 13.3. The second-order valence-electron chi connectivity index (χ2n) is 9.53. The Labute approximate surface area is 220 Å². The second kappa shape index (κ2) is 13.4. The highest BCUT2D eigenvalue weighted by atomic mass is 16.4. The number of aromatic nitrogens is 2. The van der Waals surface area contributed by atoms with Crippen LogP contribution in [-0.2, 0) is 11.3 Å². The summed E-state index contributed by atoms with van der Waals surface area (Å²) in [6.45, 7) is 2.62. The van der Waals surface area contributed by atoms with Gasteiger partial charge in [0.1, 0.15) is 5.69 Å². The lowest BCUT2D eigenvalue weighted by Crippen LogP contribution is -2.08. The first kappa shape index (κ1) is 26.2. The minimum atomic E-state index is -0.715. The first-order valence-electron chi connectivity index (χ1n) is 13.3. The van der Waals surface area contributed by atoms with E-state index in [2.05, 4.69) is 102 Å². The number of aliphatic carboxylic acids is 1. The number of unbranched alkanes of at least 4 members (excludes halogenated alkanes) is 3. The fourth-order valence-corrected chi connectivity index (χ4v) is 4.60. The molecule has 0 amide bonds. The van der Waals surface area contributed by atoms with E-state index in [9.17, 15) is 4.79 Å². The molecule has 0 fully saturated rings. The SMILES string of the molecule is CC(CC/C=C/CCCCCn1nc(-c2ccccc2)c(-c2ccccc2)c1-c1ccccc1)C(=O)O. The Balaban J connectivity index is 1.51. The van der Waals surface area contributed by atoms with Crippen LogP contribution < -0.4 is 0 Å². The third kappa shape index (κ3) is 7.07. The molecule has 4 nitrogen and oxygen atoms in total. The van der Waals surface area contributed by atoms with Gasteiger partial charge in [-0.15, -0.1) is 0 Å². The molecule has 0 aliphatic heterocycles. The third-order valence-corrected chi connectivity index (χ3v) is 6.70. The van der Waals surface area contributed by atoms with E-state index >= 15 is 0 Å². The van der Waals surface area contributed by atoms with Crippen LogP contribution in [0.2, 0.25) is 0 Å². The topological polar surface area (TPSA) is 55.1 Å². The average Bonchev–Trinajstić information content (AvgIpc) is 3.32. The monoisotopic (exact) mass is 492 g/mol. The van der Waals surface area contributed by atoms with Crippen LogP contribution in [0.15, 0.2) is 103 Å². The van der Waals surface area contributed by atoms with Gasteiger partial charge < -0.3 is 5.11 Å². The summed E-state index contributed by atoms with van der Waals surface area (Å²) in [7, 11) is 0. The molecule has 1 heterocycles. The molecule has 0 saturated heterocycles. The van der Waals surface area contributed by atoms with Crippen molar-refractivity contribution < 1.29 is 9.90 Å². The number of nitrogens with zero attached hydrogens (tertiary/aromatic N) is 2. The minimum Gasteiger partial charge on any atom is -0.481 e. The molecule has 190 valence electrons. The van der Waals surface area contributed by atoms with Crippen LogP contribution in [0.25, 0.3) is 33.6 Å². The van der Waals surface area contributed by atoms with Crippen molar-refractivity contribution in [1.29, 1.82) is 0 Å². The highest BCUT2D eigenvalue weighted by molar-refractivity contribution is 5.91. The highest BCUT2D eigenvalue weighted by Crippen LogP contribution is 2.40. The number of hydrogen-bond acceptors (Lipinski definition) is 2. The zero-order chi connectivity index (χ0) is 25.9. The van der Waals surface area contributed by atoms with Gasteiger partial charge in [-0.2, -0.15) is 5.10 Å². The molecule has 1 unspecified atom stereocenters. The quantitative estimate of drug-likeness (QED) is 0.150. The average molecular weight is 493 g/mol. The van der Waals surface area contributed by atoms with Crippen molar-refractivity contribution in [2.75, 3.05) is 0 Å². The molecule has 0 bridgehead atoms. The maximum Gasteiger partial charge on any atom is 0.306 e. The number of hydrogen-bond donors (Lipinski definition) is 1. The summed E-state index contributed by atoms with van der Waals surface area (Å²) in [6.07, 6.45) is 10.1. The number of carboxylic acids is 1. The number of carboxylic acid groups (broad SMARTS) is 1. The van der Waals surface area contributed by atoms with E-state index in [-0.39, 0.29) is 5.92 Å². The van der Waals surface area contributed by atoms with Gasteiger partial charge in [-0.25, -0.2) is 0 Å². The van der Waals surface area contributed by atoms with Crippen molar-refractivity contribution in [2.24, 2.45) is 5.92 Å². The van der Waals surface area contributed by atoms with Gasteiger partial charge in [-0.3, -0.25) is 9.48 Å². The van der Waals surface area contributed by atoms with Gasteiger partial charge in [0.25, 0.3) is 0 Å². The van der Waals surface area contributed by atoms with Crippen LogP contribution in [0.4, 0.5) is 0 Å². The fraction of sp³-hybridized carbons (Fsp3) is 0.273. The van der Waals surface area contributed by atoms with Gasteiger partial charge in [-0.05, 0) is 37.7 Å². The number of benzene rings is 3. The number of allylic oxidation sites excluding steroid dienone is 2. The van der Waals surface area contributed by atoms with E-state index in [4.69, 9.17) is 10.2 Å². The first-order chi connectivity index (χ1) is 18.1. The maximum atomic E-state index is 10.9. The molecule has 0 aliphatic rings. The zero-order valence-corrected chi connectivity index (χ0v) is 21.6. The summed E-state index contributed by atoms with van der Waals surface area (Å²) in [4.78, 5) is 10.9. The standard InChI is InChI=1S/C33H36N2O2/c1-26(33(36)37)18-10-5-3-2-4-6-17-25-35-32(29-23-15-9-16-24-29)30(27-19-11-7-12-20-27)31(34-35)28-21-13-8-14-22-28/h3,5,7-9,11-16,19-24,26H,2,4,6,10,17-18,25H2,1H3,(H,36,37)/b5-3+. The molecular formula is C33H36N2O2. The van der Waals surface area contributed by atoms with Crippen LogP contribution in [0.1, 0.15) is 45.4 Å². The summed E-state index contributed by atoms with van der Waals surface area (Å²) < 4.78 is 2.20. The van der Waals surface area contributed by atoms with Crippen molar-refractivity contribution >= 4 is 5.97 Å². The van der Waals surface area contributed by atoms with Crippen molar-refractivity contribution in [3.05, 3.63) is 103 Å². The van der Waals surface area contributed by atoms with Gasteiger partial charge in [0.15, 0.2) is 0 Å². The molecule has 4 rings (SSSR count). The summed E-state index contributed by atoms with van der Waals surface area (Å²) >= 11 is 0. The third-order valence-electron chi connectivity index (χ3n) is 6.70. The van der Waals surface area contributed by atoms with Crippen molar-refractivity contribution in [3.63, 3.8) is 0 Å². The number of aryl methyl sites for hydroxylation is 1. The Morgan fingerprint density at radius 2 is 1.35 bits per heavy atom. The molecule has 1 atom stereocenters. The molecule has 1 aromatic heterocycles. The van der Waals surface area contributed by atoms with Gasteiger partial charge in [-0.1, -0.05) is 116 Å². The van der Waals surface area contributed by atoms with E-state index in [1.807, 2.05) is 6.07 Å². The summed E-state index contributed by atoms with van der Waals surface area (Å²) in [5.74, 6) is -0.994. The zero-order valence-electron chi connectivity index (χ0n) is 21.6. The fourth-order valence-electron chi connectivity index (χ4n) is 4.60.